The number of carbonyl (C=O) groups is 2. The summed E-state index contributed by atoms with van der Waals surface area (Å²) < 4.78 is 5.36. The lowest BCUT2D eigenvalue weighted by molar-refractivity contribution is 0.0240. The van der Waals surface area contributed by atoms with E-state index in [0.717, 1.165) is 0 Å². The maximum atomic E-state index is 12.1. The molecule has 2 N–H and O–H groups in total. The summed E-state index contributed by atoms with van der Waals surface area (Å²) in [7, 11) is 0. The van der Waals surface area contributed by atoms with Crippen LogP contribution in [-0.4, -0.2) is 74.0 Å². The molecule has 11 heteroatoms. The lowest BCUT2D eigenvalue weighted by Gasteiger charge is -2.35. The summed E-state index contributed by atoms with van der Waals surface area (Å²) in [4.78, 5) is 47.1. The summed E-state index contributed by atoms with van der Waals surface area (Å²) in [6.07, 6.45) is 0.918. The third kappa shape index (κ3) is 3.96. The molecule has 1 aliphatic heterocycles. The largest absolute Gasteiger partial charge is 0.476 e. The van der Waals surface area contributed by atoms with E-state index in [9.17, 15) is 14.4 Å². The number of piperazine rings is 1. The molecule has 0 unspecified atom stereocenters. The van der Waals surface area contributed by atoms with Crippen molar-refractivity contribution < 1.29 is 19.4 Å². The SMILES string of the molecule is CC(C)(C)OC(=O)N1CCN(c2ncc3c(=O)c(C(=O)O)n[nH]c3n2)CC1. The molecule has 11 nitrogen and oxygen atoms in total. The van der Waals surface area contributed by atoms with E-state index in [0.29, 0.717) is 32.1 Å². The van der Waals surface area contributed by atoms with E-state index in [4.69, 9.17) is 9.84 Å². The average molecular weight is 376 g/mol. The van der Waals surface area contributed by atoms with Crippen molar-refractivity contribution in [3.63, 3.8) is 0 Å². The standard InChI is InChI=1S/C16H20N6O5/c1-16(2,3)27-15(26)22-6-4-21(5-7-22)14-17-8-9-11(23)10(13(24)25)19-20-12(9)18-14/h8H,4-7H2,1-3H3,(H,24,25)(H,17,18,20,23). The minimum Gasteiger partial charge on any atom is -0.476 e. The highest BCUT2D eigenvalue weighted by Gasteiger charge is 2.27. The molecule has 2 aromatic heterocycles. The number of hydrogen-bond donors (Lipinski definition) is 2. The Morgan fingerprint density at radius 1 is 1.22 bits per heavy atom. The highest BCUT2D eigenvalue weighted by atomic mass is 16.6. The first kappa shape index (κ1) is 18.5. The highest BCUT2D eigenvalue weighted by molar-refractivity contribution is 5.89. The van der Waals surface area contributed by atoms with Crippen molar-refractivity contribution in [3.05, 3.63) is 22.1 Å². The fourth-order valence-corrected chi connectivity index (χ4v) is 2.62. The van der Waals surface area contributed by atoms with Gasteiger partial charge in [0.25, 0.3) is 0 Å². The van der Waals surface area contributed by atoms with E-state index in [1.165, 1.54) is 6.20 Å². The van der Waals surface area contributed by atoms with Gasteiger partial charge in [0, 0.05) is 32.4 Å². The van der Waals surface area contributed by atoms with Crippen LogP contribution in [0.4, 0.5) is 10.7 Å². The molecule has 3 heterocycles. The Labute approximate surface area is 154 Å². The number of ether oxygens (including phenoxy) is 1. The van der Waals surface area contributed by atoms with Gasteiger partial charge in [-0.05, 0) is 20.8 Å². The van der Waals surface area contributed by atoms with Crippen molar-refractivity contribution in [2.45, 2.75) is 26.4 Å². The van der Waals surface area contributed by atoms with Gasteiger partial charge in [0.05, 0.1) is 5.39 Å². The third-order valence-corrected chi connectivity index (χ3v) is 3.93. The number of carbonyl (C=O) groups excluding carboxylic acids is 1. The van der Waals surface area contributed by atoms with Crippen molar-refractivity contribution in [2.75, 3.05) is 31.1 Å². The number of carboxylic acid groups (broad SMARTS) is 1. The number of nitrogens with zero attached hydrogens (tertiary/aromatic N) is 5. The molecule has 0 radical (unpaired) electrons. The Bertz CT molecular complexity index is 942. The van der Waals surface area contributed by atoms with Gasteiger partial charge in [-0.2, -0.15) is 10.1 Å². The van der Waals surface area contributed by atoms with Gasteiger partial charge in [0.2, 0.25) is 17.1 Å². The second kappa shape index (κ2) is 6.82. The van der Waals surface area contributed by atoms with Gasteiger partial charge >= 0.3 is 12.1 Å². The summed E-state index contributed by atoms with van der Waals surface area (Å²) >= 11 is 0. The molecule has 2 aromatic rings. The number of aromatic amines is 1. The summed E-state index contributed by atoms with van der Waals surface area (Å²) in [6, 6.07) is 0. The monoisotopic (exact) mass is 376 g/mol. The first-order valence-corrected chi connectivity index (χ1v) is 8.37. The predicted molar refractivity (Wildman–Crippen MR) is 94.9 cm³/mol. The zero-order valence-corrected chi connectivity index (χ0v) is 15.2. The normalized spacial score (nSPS) is 15.1. The molecule has 1 amide bonds. The molecule has 27 heavy (non-hydrogen) atoms. The molecule has 144 valence electrons. The fraction of sp³-hybridized carbons (Fsp3) is 0.500. The summed E-state index contributed by atoms with van der Waals surface area (Å²) in [5, 5.41) is 15.0. The number of aromatic carboxylic acids is 1. The summed E-state index contributed by atoms with van der Waals surface area (Å²) in [5.41, 5.74) is -1.74. The van der Waals surface area contributed by atoms with Crippen molar-refractivity contribution in [2.24, 2.45) is 0 Å². The van der Waals surface area contributed by atoms with Gasteiger partial charge in [-0.3, -0.25) is 9.89 Å². The fourth-order valence-electron chi connectivity index (χ4n) is 2.62. The Hall–Kier alpha value is -3.24. The van der Waals surface area contributed by atoms with Crippen LogP contribution in [0.2, 0.25) is 0 Å². The van der Waals surface area contributed by atoms with Crippen molar-refractivity contribution in [1.82, 2.24) is 25.1 Å². The smallest absolute Gasteiger partial charge is 0.410 e. The highest BCUT2D eigenvalue weighted by Crippen LogP contribution is 2.16. The van der Waals surface area contributed by atoms with Gasteiger partial charge in [0.1, 0.15) is 5.60 Å². The van der Waals surface area contributed by atoms with Gasteiger partial charge in [-0.1, -0.05) is 0 Å². The minimum atomic E-state index is -1.42. The van der Waals surface area contributed by atoms with Gasteiger partial charge in [-0.15, -0.1) is 0 Å². The zero-order chi connectivity index (χ0) is 19.8. The molecule has 0 spiro atoms. The summed E-state index contributed by atoms with van der Waals surface area (Å²) in [6.45, 7) is 7.33. The second-order valence-corrected chi connectivity index (χ2v) is 7.09. The van der Waals surface area contributed by atoms with Crippen LogP contribution in [0.1, 0.15) is 31.3 Å². The van der Waals surface area contributed by atoms with Gasteiger partial charge < -0.3 is 19.6 Å². The first-order valence-electron chi connectivity index (χ1n) is 8.37. The topological polar surface area (TPSA) is 142 Å². The molecule has 3 rings (SSSR count). The van der Waals surface area contributed by atoms with E-state index in [1.807, 2.05) is 25.7 Å². The van der Waals surface area contributed by atoms with E-state index in [-0.39, 0.29) is 17.1 Å². The third-order valence-electron chi connectivity index (χ3n) is 3.93. The number of rotatable bonds is 2. The van der Waals surface area contributed by atoms with Crippen molar-refractivity contribution in [1.29, 1.82) is 0 Å². The van der Waals surface area contributed by atoms with Gasteiger partial charge in [-0.25, -0.2) is 14.6 Å². The van der Waals surface area contributed by atoms with Crippen LogP contribution in [-0.2, 0) is 4.74 Å². The molecule has 0 atom stereocenters. The number of nitrogens with one attached hydrogen (secondary N) is 1. The molecule has 0 aliphatic carbocycles. The van der Waals surface area contributed by atoms with Crippen LogP contribution >= 0.6 is 0 Å². The van der Waals surface area contributed by atoms with E-state index >= 15 is 0 Å². The number of carboxylic acids is 1. The molecular formula is C16H20N6O5. The number of H-pyrrole nitrogens is 1. The van der Waals surface area contributed by atoms with Crippen LogP contribution in [0.5, 0.6) is 0 Å². The number of anilines is 1. The second-order valence-electron chi connectivity index (χ2n) is 7.09. The van der Waals surface area contributed by atoms with Crippen LogP contribution in [0.3, 0.4) is 0 Å². The number of aromatic nitrogens is 4. The molecule has 0 saturated carbocycles. The Morgan fingerprint density at radius 2 is 1.89 bits per heavy atom. The predicted octanol–water partition coefficient (Wildman–Crippen LogP) is 0.468. The zero-order valence-electron chi connectivity index (χ0n) is 15.2. The number of hydrogen-bond acceptors (Lipinski definition) is 8. The van der Waals surface area contributed by atoms with E-state index < -0.39 is 22.7 Å². The lowest BCUT2D eigenvalue weighted by Crippen LogP contribution is -2.50. The van der Waals surface area contributed by atoms with Gasteiger partial charge in [0.15, 0.2) is 5.65 Å². The molecule has 0 aromatic carbocycles. The van der Waals surface area contributed by atoms with Crippen LogP contribution in [0.15, 0.2) is 11.0 Å². The first-order chi connectivity index (χ1) is 12.7. The minimum absolute atomic E-state index is 0.0542. The van der Waals surface area contributed by atoms with E-state index in [2.05, 4.69) is 20.2 Å². The van der Waals surface area contributed by atoms with Crippen LogP contribution in [0.25, 0.3) is 11.0 Å². The molecular weight excluding hydrogens is 356 g/mol. The Balaban J connectivity index is 1.74. The van der Waals surface area contributed by atoms with Crippen LogP contribution in [0, 0.1) is 0 Å². The maximum Gasteiger partial charge on any atom is 0.410 e. The Morgan fingerprint density at radius 3 is 2.48 bits per heavy atom. The quantitative estimate of drug-likeness (QED) is 0.764. The molecule has 0 bridgehead atoms. The van der Waals surface area contributed by atoms with E-state index in [1.54, 1.807) is 4.90 Å². The maximum absolute atomic E-state index is 12.1. The summed E-state index contributed by atoms with van der Waals surface area (Å²) in [5.74, 6) is -1.05. The Kier molecular flexibility index (Phi) is 4.68. The molecule has 1 fully saturated rings. The average Bonchev–Trinajstić information content (AvgIpc) is 2.60. The molecule has 1 aliphatic rings. The van der Waals surface area contributed by atoms with Crippen molar-refractivity contribution >= 4 is 29.0 Å². The number of amides is 1. The lowest BCUT2D eigenvalue weighted by atomic mass is 10.2. The van der Waals surface area contributed by atoms with Crippen molar-refractivity contribution in [3.8, 4) is 0 Å². The molecule has 1 saturated heterocycles. The van der Waals surface area contributed by atoms with Crippen LogP contribution < -0.4 is 10.3 Å². The number of fused-ring (bicyclic) bond motifs is 1.